The molecule has 1 aliphatic rings. The Hall–Kier alpha value is -1.18. The number of anilines is 2. The lowest BCUT2D eigenvalue weighted by Gasteiger charge is -2.29. The van der Waals surface area contributed by atoms with Crippen molar-refractivity contribution in [3.05, 3.63) is 24.3 Å². The van der Waals surface area contributed by atoms with Crippen molar-refractivity contribution in [2.24, 2.45) is 5.92 Å². The van der Waals surface area contributed by atoms with Gasteiger partial charge in [-0.1, -0.05) is 31.4 Å². The van der Waals surface area contributed by atoms with E-state index in [0.717, 1.165) is 17.3 Å². The summed E-state index contributed by atoms with van der Waals surface area (Å²) in [5.41, 5.74) is 7.87. The molecule has 0 amide bonds. The average molecular weight is 218 g/mol. The molecule has 1 atom stereocenters. The van der Waals surface area contributed by atoms with Gasteiger partial charge in [-0.05, 0) is 37.8 Å². The second-order valence-electron chi connectivity index (χ2n) is 4.92. The predicted octanol–water partition coefficient (Wildman–Crippen LogP) is 3.65. The molecule has 2 rings (SSSR count). The zero-order valence-corrected chi connectivity index (χ0v) is 10.1. The molecule has 0 bridgehead atoms. The van der Waals surface area contributed by atoms with Gasteiger partial charge in [0.2, 0.25) is 0 Å². The van der Waals surface area contributed by atoms with Crippen LogP contribution in [0.2, 0.25) is 0 Å². The van der Waals surface area contributed by atoms with Crippen molar-refractivity contribution in [3.8, 4) is 0 Å². The molecule has 0 aromatic heterocycles. The van der Waals surface area contributed by atoms with Crippen LogP contribution in [0.4, 0.5) is 11.4 Å². The van der Waals surface area contributed by atoms with Crippen LogP contribution in [0.25, 0.3) is 0 Å². The summed E-state index contributed by atoms with van der Waals surface area (Å²) in [5.74, 6) is 0.813. The van der Waals surface area contributed by atoms with Crippen molar-refractivity contribution < 1.29 is 0 Å². The van der Waals surface area contributed by atoms with E-state index in [1.807, 2.05) is 18.2 Å². The highest BCUT2D eigenvalue weighted by Crippen LogP contribution is 2.29. The lowest BCUT2D eigenvalue weighted by atomic mass is 9.84. The second kappa shape index (κ2) is 5.24. The van der Waals surface area contributed by atoms with Gasteiger partial charge in [0, 0.05) is 6.04 Å². The summed E-state index contributed by atoms with van der Waals surface area (Å²) in [5, 5.41) is 3.55. The largest absolute Gasteiger partial charge is 0.397 e. The van der Waals surface area contributed by atoms with E-state index in [1.54, 1.807) is 0 Å². The van der Waals surface area contributed by atoms with Crippen molar-refractivity contribution in [1.82, 2.24) is 0 Å². The van der Waals surface area contributed by atoms with Gasteiger partial charge in [0.1, 0.15) is 0 Å². The number of nitrogens with two attached hydrogens (primary N) is 1. The molecule has 0 saturated heterocycles. The van der Waals surface area contributed by atoms with Gasteiger partial charge in [0.25, 0.3) is 0 Å². The number of nitrogens with one attached hydrogen (secondary N) is 1. The van der Waals surface area contributed by atoms with Gasteiger partial charge in [-0.15, -0.1) is 0 Å². The van der Waals surface area contributed by atoms with Gasteiger partial charge in [0.15, 0.2) is 0 Å². The Morgan fingerprint density at radius 3 is 2.56 bits per heavy atom. The summed E-state index contributed by atoms with van der Waals surface area (Å²) >= 11 is 0. The number of nitrogen functional groups attached to an aromatic ring is 1. The van der Waals surface area contributed by atoms with E-state index in [1.165, 1.54) is 32.1 Å². The van der Waals surface area contributed by atoms with Crippen molar-refractivity contribution in [2.45, 2.75) is 45.1 Å². The number of hydrogen-bond acceptors (Lipinski definition) is 2. The Balaban J connectivity index is 1.96. The standard InChI is InChI=1S/C14H22N2/c1-11(12-7-3-2-4-8-12)16-14-10-6-5-9-13(14)15/h5-6,9-12,16H,2-4,7-8,15H2,1H3. The lowest BCUT2D eigenvalue weighted by molar-refractivity contribution is 0.328. The Morgan fingerprint density at radius 1 is 1.19 bits per heavy atom. The molecule has 1 fully saturated rings. The first kappa shape index (κ1) is 11.3. The van der Waals surface area contributed by atoms with E-state index in [0.29, 0.717) is 6.04 Å². The molecule has 0 spiro atoms. The van der Waals surface area contributed by atoms with E-state index in [2.05, 4.69) is 18.3 Å². The minimum atomic E-state index is 0.532. The smallest absolute Gasteiger partial charge is 0.0576 e. The molecular weight excluding hydrogens is 196 g/mol. The van der Waals surface area contributed by atoms with Crippen LogP contribution in [0.1, 0.15) is 39.0 Å². The number of benzene rings is 1. The van der Waals surface area contributed by atoms with Gasteiger partial charge < -0.3 is 11.1 Å². The molecule has 16 heavy (non-hydrogen) atoms. The third-order valence-electron chi connectivity index (χ3n) is 3.70. The minimum absolute atomic E-state index is 0.532. The maximum atomic E-state index is 5.94. The molecule has 3 N–H and O–H groups in total. The summed E-state index contributed by atoms with van der Waals surface area (Å²) in [6.07, 6.45) is 6.92. The molecule has 0 aliphatic heterocycles. The van der Waals surface area contributed by atoms with E-state index in [9.17, 15) is 0 Å². The Morgan fingerprint density at radius 2 is 1.88 bits per heavy atom. The van der Waals surface area contributed by atoms with Crippen LogP contribution in [0, 0.1) is 5.92 Å². The van der Waals surface area contributed by atoms with Crippen LogP contribution >= 0.6 is 0 Å². The van der Waals surface area contributed by atoms with Gasteiger partial charge in [0.05, 0.1) is 11.4 Å². The summed E-state index contributed by atoms with van der Waals surface area (Å²) < 4.78 is 0. The average Bonchev–Trinajstić information content (AvgIpc) is 2.33. The normalized spacial score (nSPS) is 19.3. The molecule has 0 heterocycles. The van der Waals surface area contributed by atoms with Crippen molar-refractivity contribution in [2.75, 3.05) is 11.1 Å². The number of hydrogen-bond donors (Lipinski definition) is 2. The molecule has 1 aliphatic carbocycles. The highest BCUT2D eigenvalue weighted by molar-refractivity contribution is 5.65. The topological polar surface area (TPSA) is 38.0 Å². The Bertz CT molecular complexity index is 329. The van der Waals surface area contributed by atoms with Gasteiger partial charge in [-0.3, -0.25) is 0 Å². The molecule has 2 nitrogen and oxygen atoms in total. The van der Waals surface area contributed by atoms with E-state index >= 15 is 0 Å². The summed E-state index contributed by atoms with van der Waals surface area (Å²) in [7, 11) is 0. The molecule has 2 heteroatoms. The third kappa shape index (κ3) is 2.69. The number of rotatable bonds is 3. The Labute approximate surface area is 98.2 Å². The van der Waals surface area contributed by atoms with Crippen LogP contribution in [0.5, 0.6) is 0 Å². The molecule has 1 saturated carbocycles. The first-order valence-corrected chi connectivity index (χ1v) is 6.38. The molecule has 1 unspecified atom stereocenters. The predicted molar refractivity (Wildman–Crippen MR) is 70.5 cm³/mol. The van der Waals surface area contributed by atoms with Crippen molar-refractivity contribution in [3.63, 3.8) is 0 Å². The summed E-state index contributed by atoms with van der Waals surface area (Å²) in [4.78, 5) is 0. The summed E-state index contributed by atoms with van der Waals surface area (Å²) in [6, 6.07) is 8.56. The fourth-order valence-corrected chi connectivity index (χ4v) is 2.63. The first-order chi connectivity index (χ1) is 7.77. The lowest BCUT2D eigenvalue weighted by Crippen LogP contribution is -2.27. The van der Waals surface area contributed by atoms with Crippen LogP contribution in [-0.2, 0) is 0 Å². The zero-order valence-electron chi connectivity index (χ0n) is 10.1. The Kier molecular flexibility index (Phi) is 3.70. The van der Waals surface area contributed by atoms with E-state index in [-0.39, 0.29) is 0 Å². The van der Waals surface area contributed by atoms with Crippen LogP contribution in [0.15, 0.2) is 24.3 Å². The molecule has 1 aromatic carbocycles. The maximum Gasteiger partial charge on any atom is 0.0576 e. The third-order valence-corrected chi connectivity index (χ3v) is 3.70. The van der Waals surface area contributed by atoms with Crippen LogP contribution < -0.4 is 11.1 Å². The van der Waals surface area contributed by atoms with Crippen molar-refractivity contribution >= 4 is 11.4 Å². The molecule has 1 aromatic rings. The molecule has 0 radical (unpaired) electrons. The van der Waals surface area contributed by atoms with Gasteiger partial charge in [-0.25, -0.2) is 0 Å². The van der Waals surface area contributed by atoms with Crippen LogP contribution in [0.3, 0.4) is 0 Å². The quantitative estimate of drug-likeness (QED) is 0.760. The van der Waals surface area contributed by atoms with Crippen LogP contribution in [-0.4, -0.2) is 6.04 Å². The van der Waals surface area contributed by atoms with E-state index < -0.39 is 0 Å². The summed E-state index contributed by atoms with van der Waals surface area (Å²) in [6.45, 7) is 2.28. The molecular formula is C14H22N2. The fourth-order valence-electron chi connectivity index (χ4n) is 2.63. The minimum Gasteiger partial charge on any atom is -0.397 e. The molecule has 88 valence electrons. The SMILES string of the molecule is CC(Nc1ccccc1N)C1CCCCC1. The van der Waals surface area contributed by atoms with E-state index in [4.69, 9.17) is 5.73 Å². The van der Waals surface area contributed by atoms with Crippen molar-refractivity contribution in [1.29, 1.82) is 0 Å². The zero-order chi connectivity index (χ0) is 11.4. The fraction of sp³-hybridized carbons (Fsp3) is 0.571. The van der Waals surface area contributed by atoms with Gasteiger partial charge >= 0.3 is 0 Å². The second-order valence-corrected chi connectivity index (χ2v) is 4.92. The highest BCUT2D eigenvalue weighted by Gasteiger charge is 2.20. The number of para-hydroxylation sites is 2. The monoisotopic (exact) mass is 218 g/mol. The van der Waals surface area contributed by atoms with Gasteiger partial charge in [-0.2, -0.15) is 0 Å². The first-order valence-electron chi connectivity index (χ1n) is 6.38. The highest BCUT2D eigenvalue weighted by atomic mass is 14.9. The maximum absolute atomic E-state index is 5.94.